The number of hydrogen-bond donors (Lipinski definition) is 2. The summed E-state index contributed by atoms with van der Waals surface area (Å²) in [6.45, 7) is 0. The summed E-state index contributed by atoms with van der Waals surface area (Å²) in [5.41, 5.74) is -2.91. The number of carboxylic acid groups (broad SMARTS) is 5. The molecule has 0 aliphatic carbocycles. The molecular formula is C10H10FeNaO11. The zero-order valence-electron chi connectivity index (χ0n) is 11.8. The number of carbonyl (C=O) groups is 5. The van der Waals surface area contributed by atoms with Crippen molar-refractivity contribution in [1.82, 2.24) is 0 Å². The molecule has 0 aliphatic heterocycles. The Morgan fingerprint density at radius 3 is 1.30 bits per heavy atom. The molecule has 0 heterocycles. The summed E-state index contributed by atoms with van der Waals surface area (Å²) in [6.07, 6.45) is -3.50. The van der Waals surface area contributed by atoms with Gasteiger partial charge in [-0.15, -0.1) is 0 Å². The van der Waals surface area contributed by atoms with Gasteiger partial charge in [0.05, 0.1) is 12.4 Å². The van der Waals surface area contributed by atoms with E-state index in [0.29, 0.717) is 0 Å². The van der Waals surface area contributed by atoms with E-state index in [1.165, 1.54) is 0 Å². The first-order valence-electron chi connectivity index (χ1n) is 5.16. The van der Waals surface area contributed by atoms with Crippen LogP contribution < -0.4 is 50.0 Å². The smallest absolute Gasteiger partial charge is 0.550 e. The molecule has 1 radical (unpaired) electrons. The van der Waals surface area contributed by atoms with Crippen LogP contribution in [0, 0.1) is 0 Å². The van der Waals surface area contributed by atoms with Crippen LogP contribution in [-0.4, -0.2) is 45.7 Å². The van der Waals surface area contributed by atoms with Crippen molar-refractivity contribution in [3.05, 3.63) is 0 Å². The molecule has 0 saturated heterocycles. The Bertz CT molecular complexity index is 407. The monoisotopic (exact) mass is 385 g/mol. The molecule has 2 N–H and O–H groups in total. The van der Waals surface area contributed by atoms with Gasteiger partial charge in [0.1, 0.15) is 5.60 Å². The fourth-order valence-electron chi connectivity index (χ4n) is 0.900. The van der Waals surface area contributed by atoms with Gasteiger partial charge in [0.15, 0.2) is 0 Å². The van der Waals surface area contributed by atoms with Gasteiger partial charge < -0.3 is 49.8 Å². The molecular weight excluding hydrogens is 375 g/mol. The summed E-state index contributed by atoms with van der Waals surface area (Å²) in [5.74, 6) is -8.40. The summed E-state index contributed by atoms with van der Waals surface area (Å²) >= 11 is 0. The number of carboxylic acids is 5. The van der Waals surface area contributed by atoms with Crippen LogP contribution in [-0.2, 0) is 41.0 Å². The van der Waals surface area contributed by atoms with Crippen molar-refractivity contribution in [2.45, 2.75) is 31.3 Å². The predicted molar refractivity (Wildman–Crippen MR) is 51.1 cm³/mol. The van der Waals surface area contributed by atoms with E-state index < -0.39 is 61.1 Å². The first-order chi connectivity index (χ1) is 9.40. The predicted octanol–water partition coefficient (Wildman–Crippen LogP) is -9.65. The van der Waals surface area contributed by atoms with Gasteiger partial charge in [-0.1, -0.05) is 0 Å². The van der Waals surface area contributed by atoms with Gasteiger partial charge in [-0.05, 0) is 12.8 Å². The number of aliphatic carboxylic acids is 5. The van der Waals surface area contributed by atoms with E-state index in [-0.39, 0.29) is 46.6 Å². The second-order valence-electron chi connectivity index (χ2n) is 3.68. The molecule has 0 fully saturated rings. The molecule has 1 atom stereocenters. The standard InChI is InChI=1S/C6H8O7.C4H6O4.Fe.Na/c7-3(8)1-6(13,5(11)12)2-4(9)10;5-3(6)1-2-4(7)8;;/h13H,1-2H2,(H,7,8)(H,9,10)(H,11,12);1-2H2,(H,5,6)(H,7,8);;/q;;+3;+1/p-4. The number of aliphatic hydroxyl groups is 1. The maximum atomic E-state index is 10.2. The number of hydrogen-bond acceptors (Lipinski definition) is 10. The van der Waals surface area contributed by atoms with E-state index in [4.69, 9.17) is 10.2 Å². The zero-order valence-corrected chi connectivity index (χ0v) is 14.9. The number of rotatable bonds is 8. The number of carbonyl (C=O) groups excluding carboxylic acids is 4. The van der Waals surface area contributed by atoms with Gasteiger partial charge in [0.25, 0.3) is 0 Å². The van der Waals surface area contributed by atoms with Crippen molar-refractivity contribution < 1.29 is 101 Å². The van der Waals surface area contributed by atoms with Crippen molar-refractivity contribution in [2.75, 3.05) is 0 Å². The average molecular weight is 385 g/mol. The van der Waals surface area contributed by atoms with Gasteiger partial charge in [-0.2, -0.15) is 0 Å². The minimum Gasteiger partial charge on any atom is -0.550 e. The molecule has 13 heteroatoms. The summed E-state index contributed by atoms with van der Waals surface area (Å²) in [6, 6.07) is 0. The first-order valence-corrected chi connectivity index (χ1v) is 5.16. The van der Waals surface area contributed by atoms with Crippen molar-refractivity contribution >= 4 is 29.8 Å². The second kappa shape index (κ2) is 14.4. The molecule has 0 aromatic heterocycles. The fraction of sp³-hybridized carbons (Fsp3) is 0.500. The van der Waals surface area contributed by atoms with Crippen LogP contribution in [0.5, 0.6) is 0 Å². The maximum absolute atomic E-state index is 10.2. The Morgan fingerprint density at radius 1 is 0.783 bits per heavy atom. The van der Waals surface area contributed by atoms with Crippen LogP contribution in [0.25, 0.3) is 0 Å². The summed E-state index contributed by atoms with van der Waals surface area (Å²) in [7, 11) is 0. The topological polar surface area (TPSA) is 218 Å². The van der Waals surface area contributed by atoms with Gasteiger partial charge in [0.2, 0.25) is 0 Å². The molecule has 0 saturated carbocycles. The SMILES string of the molecule is O=C([O-])CC(O)(CC(=O)O)C(=O)[O-].O=C([O-])CCC(=O)[O-].[Fe+3].[Na+]. The van der Waals surface area contributed by atoms with Crippen molar-refractivity contribution in [3.63, 3.8) is 0 Å². The van der Waals surface area contributed by atoms with E-state index in [2.05, 4.69) is 0 Å². The van der Waals surface area contributed by atoms with Crippen LogP contribution in [0.2, 0.25) is 0 Å². The van der Waals surface area contributed by atoms with Crippen LogP contribution in [0.15, 0.2) is 0 Å². The van der Waals surface area contributed by atoms with Crippen LogP contribution >= 0.6 is 0 Å². The molecule has 0 aromatic rings. The Kier molecular flexibility index (Phi) is 18.7. The Hall–Kier alpha value is -1.17. The molecule has 0 aromatic carbocycles. The summed E-state index contributed by atoms with van der Waals surface area (Å²) in [4.78, 5) is 49.2. The van der Waals surface area contributed by atoms with Crippen molar-refractivity contribution in [2.24, 2.45) is 0 Å². The van der Waals surface area contributed by atoms with Gasteiger partial charge in [0, 0.05) is 24.3 Å². The molecule has 0 amide bonds. The summed E-state index contributed by atoms with van der Waals surface area (Å²) < 4.78 is 0. The summed E-state index contributed by atoms with van der Waals surface area (Å²) in [5, 5.41) is 56.2. The van der Waals surface area contributed by atoms with Crippen LogP contribution in [0.4, 0.5) is 0 Å². The van der Waals surface area contributed by atoms with Gasteiger partial charge in [-0.3, -0.25) is 4.79 Å². The fourth-order valence-corrected chi connectivity index (χ4v) is 0.900. The van der Waals surface area contributed by atoms with E-state index in [0.717, 1.165) is 0 Å². The molecule has 0 bridgehead atoms. The van der Waals surface area contributed by atoms with Crippen LogP contribution in [0.1, 0.15) is 25.7 Å². The maximum Gasteiger partial charge on any atom is 3.00 e. The molecule has 23 heavy (non-hydrogen) atoms. The van der Waals surface area contributed by atoms with E-state index in [1.807, 2.05) is 0 Å². The third kappa shape index (κ3) is 18.8. The molecule has 1 unspecified atom stereocenters. The molecule has 0 aliphatic rings. The Balaban J connectivity index is -0.000000158. The second-order valence-corrected chi connectivity index (χ2v) is 3.68. The van der Waals surface area contributed by atoms with E-state index in [9.17, 15) is 44.4 Å². The largest absolute Gasteiger partial charge is 3.00 e. The molecule has 0 rings (SSSR count). The van der Waals surface area contributed by atoms with Gasteiger partial charge >= 0.3 is 52.6 Å². The quantitative estimate of drug-likeness (QED) is 0.374. The third-order valence-electron chi connectivity index (χ3n) is 1.79. The van der Waals surface area contributed by atoms with Crippen molar-refractivity contribution in [3.8, 4) is 0 Å². The first kappa shape index (κ1) is 29.8. The zero-order chi connectivity index (χ0) is 17.2. The minimum absolute atomic E-state index is 0. The molecule has 11 nitrogen and oxygen atoms in total. The van der Waals surface area contributed by atoms with Crippen LogP contribution in [0.3, 0.4) is 0 Å². The Labute approximate surface area is 162 Å². The van der Waals surface area contributed by atoms with Gasteiger partial charge in [-0.25, -0.2) is 0 Å². The van der Waals surface area contributed by atoms with E-state index >= 15 is 0 Å². The molecule has 0 spiro atoms. The normalized spacial score (nSPS) is 11.2. The minimum atomic E-state index is -2.91. The Morgan fingerprint density at radius 2 is 1.13 bits per heavy atom. The van der Waals surface area contributed by atoms with Crippen molar-refractivity contribution in [1.29, 1.82) is 0 Å². The van der Waals surface area contributed by atoms with E-state index in [1.54, 1.807) is 0 Å². The third-order valence-corrected chi connectivity index (χ3v) is 1.79. The molecule has 125 valence electrons. The average Bonchev–Trinajstić information content (AvgIpc) is 2.24.